The third-order valence-corrected chi connectivity index (χ3v) is 8.43. The molecule has 0 radical (unpaired) electrons. The average Bonchev–Trinajstić information content (AvgIpc) is 3.36. The van der Waals surface area contributed by atoms with E-state index in [9.17, 15) is 13.2 Å². The summed E-state index contributed by atoms with van der Waals surface area (Å²) in [6, 6.07) is 14.1. The molecule has 1 N–H and O–H groups in total. The van der Waals surface area contributed by atoms with Gasteiger partial charge in [0.15, 0.2) is 0 Å². The van der Waals surface area contributed by atoms with Gasteiger partial charge in [-0.15, -0.1) is 0 Å². The molecule has 0 atom stereocenters. The summed E-state index contributed by atoms with van der Waals surface area (Å²) in [5, 5.41) is 10.8. The van der Waals surface area contributed by atoms with Crippen molar-refractivity contribution in [2.24, 2.45) is 0 Å². The average molecular weight is 491 g/mol. The van der Waals surface area contributed by atoms with Crippen molar-refractivity contribution in [2.45, 2.75) is 13.0 Å². The number of hydrogen-bond donors (Lipinski definition) is 1. The van der Waals surface area contributed by atoms with E-state index in [1.807, 2.05) is 30.5 Å². The maximum absolute atomic E-state index is 13.0. The SMILES string of the molecule is CS(=O)(=O)N1CCN(C(=O)c2ccc(-c3cc4ccc5[nH]ncc5c4c4c3COCC4)cc2)CC1. The van der Waals surface area contributed by atoms with Gasteiger partial charge in [0.05, 0.1) is 31.2 Å². The van der Waals surface area contributed by atoms with Crippen LogP contribution in [-0.4, -0.2) is 72.8 Å². The molecule has 1 fully saturated rings. The van der Waals surface area contributed by atoms with Gasteiger partial charge in [-0.3, -0.25) is 9.89 Å². The van der Waals surface area contributed by atoms with Gasteiger partial charge >= 0.3 is 0 Å². The third kappa shape index (κ3) is 3.89. The number of carbonyl (C=O) groups excluding carboxylic acids is 1. The number of piperazine rings is 1. The van der Waals surface area contributed by atoms with Crippen molar-refractivity contribution in [1.29, 1.82) is 0 Å². The van der Waals surface area contributed by atoms with E-state index in [1.54, 1.807) is 4.90 Å². The minimum absolute atomic E-state index is 0.0732. The third-order valence-electron chi connectivity index (χ3n) is 7.13. The zero-order valence-electron chi connectivity index (χ0n) is 19.5. The molecule has 1 amide bonds. The molecule has 1 saturated heterocycles. The highest BCUT2D eigenvalue weighted by atomic mass is 32.2. The standard InChI is InChI=1S/C26H26N4O4S/c1-35(32,33)30-11-9-29(10-12-30)26(31)18-4-2-17(3-5-18)21-14-19-6-7-24-22(15-27-28-24)25(19)20-8-13-34-16-23(20)21/h2-7,14-15H,8-13,16H2,1H3,(H,27,28). The van der Waals surface area contributed by atoms with Crippen molar-refractivity contribution < 1.29 is 17.9 Å². The fraction of sp³-hybridized carbons (Fsp3) is 0.308. The zero-order chi connectivity index (χ0) is 24.2. The Morgan fingerprint density at radius 2 is 1.80 bits per heavy atom. The predicted octanol–water partition coefficient (Wildman–Crippen LogP) is 3.17. The summed E-state index contributed by atoms with van der Waals surface area (Å²) < 4.78 is 30.8. The topological polar surface area (TPSA) is 95.6 Å². The number of aromatic nitrogens is 2. The normalized spacial score (nSPS) is 17.1. The number of carbonyl (C=O) groups is 1. The molecule has 3 heterocycles. The number of hydrogen-bond acceptors (Lipinski definition) is 5. The van der Waals surface area contributed by atoms with Crippen molar-refractivity contribution in [3.63, 3.8) is 0 Å². The molecule has 9 heteroatoms. The first-order valence-corrected chi connectivity index (χ1v) is 13.6. The van der Waals surface area contributed by atoms with Crippen LogP contribution >= 0.6 is 0 Å². The number of benzene rings is 3. The Labute approximate surface area is 203 Å². The predicted molar refractivity (Wildman–Crippen MR) is 135 cm³/mol. The van der Waals surface area contributed by atoms with Crippen molar-refractivity contribution in [2.75, 3.05) is 39.0 Å². The van der Waals surface area contributed by atoms with Gasteiger partial charge in [0.1, 0.15) is 0 Å². The molecular weight excluding hydrogens is 464 g/mol. The lowest BCUT2D eigenvalue weighted by atomic mass is 9.87. The smallest absolute Gasteiger partial charge is 0.253 e. The van der Waals surface area contributed by atoms with Crippen molar-refractivity contribution in [3.05, 3.63) is 65.4 Å². The number of fused-ring (bicyclic) bond motifs is 5. The maximum atomic E-state index is 13.0. The number of H-pyrrole nitrogens is 1. The van der Waals surface area contributed by atoms with E-state index >= 15 is 0 Å². The lowest BCUT2D eigenvalue weighted by Crippen LogP contribution is -2.50. The molecule has 1 aromatic heterocycles. The van der Waals surface area contributed by atoms with Crippen LogP contribution in [0.5, 0.6) is 0 Å². The lowest BCUT2D eigenvalue weighted by molar-refractivity contribution is 0.0698. The first kappa shape index (κ1) is 22.2. The highest BCUT2D eigenvalue weighted by Gasteiger charge is 2.27. The fourth-order valence-corrected chi connectivity index (χ4v) is 6.12. The summed E-state index contributed by atoms with van der Waals surface area (Å²) in [6.45, 7) is 2.70. The first-order valence-electron chi connectivity index (χ1n) is 11.7. The van der Waals surface area contributed by atoms with E-state index in [4.69, 9.17) is 4.74 Å². The molecule has 2 aliphatic heterocycles. The number of rotatable bonds is 3. The Hall–Kier alpha value is -3.27. The quantitative estimate of drug-likeness (QED) is 0.476. The molecular formula is C26H26N4O4S. The molecule has 4 aromatic rings. The second-order valence-corrected chi connectivity index (χ2v) is 11.2. The van der Waals surface area contributed by atoms with Gasteiger partial charge in [0.25, 0.3) is 5.91 Å². The van der Waals surface area contributed by atoms with Crippen molar-refractivity contribution >= 4 is 37.6 Å². The maximum Gasteiger partial charge on any atom is 0.253 e. The molecule has 0 unspecified atom stereocenters. The second-order valence-electron chi connectivity index (χ2n) is 9.21. The molecule has 35 heavy (non-hydrogen) atoms. The van der Waals surface area contributed by atoms with E-state index < -0.39 is 10.0 Å². The van der Waals surface area contributed by atoms with E-state index in [0.717, 1.165) is 28.5 Å². The van der Waals surface area contributed by atoms with Crippen LogP contribution in [0.2, 0.25) is 0 Å². The summed E-state index contributed by atoms with van der Waals surface area (Å²) in [7, 11) is -3.23. The van der Waals surface area contributed by atoms with E-state index in [0.29, 0.717) is 45.0 Å². The van der Waals surface area contributed by atoms with Gasteiger partial charge in [-0.25, -0.2) is 8.42 Å². The second kappa shape index (κ2) is 8.44. The molecule has 0 bridgehead atoms. The van der Waals surface area contributed by atoms with Gasteiger partial charge in [-0.05, 0) is 63.7 Å². The number of sulfonamides is 1. The highest BCUT2D eigenvalue weighted by Crippen LogP contribution is 2.38. The van der Waals surface area contributed by atoms with Crippen LogP contribution in [0.1, 0.15) is 21.5 Å². The Morgan fingerprint density at radius 1 is 1.03 bits per heavy atom. The van der Waals surface area contributed by atoms with Crippen molar-refractivity contribution in [3.8, 4) is 11.1 Å². The molecule has 2 aliphatic rings. The molecule has 8 nitrogen and oxygen atoms in total. The van der Waals surface area contributed by atoms with Gasteiger partial charge in [0, 0.05) is 37.1 Å². The number of ether oxygens (including phenoxy) is 1. The van der Waals surface area contributed by atoms with Crippen LogP contribution in [0.3, 0.4) is 0 Å². The minimum atomic E-state index is -3.23. The van der Waals surface area contributed by atoms with Crippen LogP contribution in [0.4, 0.5) is 0 Å². The summed E-state index contributed by atoms with van der Waals surface area (Å²) >= 11 is 0. The van der Waals surface area contributed by atoms with Crippen LogP contribution in [-0.2, 0) is 27.8 Å². The Balaban J connectivity index is 1.32. The van der Waals surface area contributed by atoms with Gasteiger partial charge in [-0.2, -0.15) is 9.40 Å². The summed E-state index contributed by atoms with van der Waals surface area (Å²) in [4.78, 5) is 14.8. The molecule has 0 aliphatic carbocycles. The van der Waals surface area contributed by atoms with Crippen molar-refractivity contribution in [1.82, 2.24) is 19.4 Å². The van der Waals surface area contributed by atoms with E-state index in [1.165, 1.54) is 32.5 Å². The Morgan fingerprint density at radius 3 is 2.54 bits per heavy atom. The lowest BCUT2D eigenvalue weighted by Gasteiger charge is -2.33. The monoisotopic (exact) mass is 490 g/mol. The van der Waals surface area contributed by atoms with E-state index in [-0.39, 0.29) is 5.91 Å². The molecule has 0 saturated carbocycles. The molecule has 6 rings (SSSR count). The molecule has 0 spiro atoms. The Kier molecular flexibility index (Phi) is 5.36. The van der Waals surface area contributed by atoms with Crippen LogP contribution in [0, 0.1) is 0 Å². The minimum Gasteiger partial charge on any atom is -0.376 e. The number of nitrogens with zero attached hydrogens (tertiary/aromatic N) is 3. The number of aromatic amines is 1. The fourth-order valence-electron chi connectivity index (χ4n) is 5.29. The van der Waals surface area contributed by atoms with E-state index in [2.05, 4.69) is 28.4 Å². The number of amides is 1. The first-order chi connectivity index (χ1) is 16.9. The van der Waals surface area contributed by atoms with Gasteiger partial charge in [0.2, 0.25) is 10.0 Å². The van der Waals surface area contributed by atoms with Crippen LogP contribution in [0.25, 0.3) is 32.8 Å². The number of nitrogens with one attached hydrogen (secondary N) is 1. The Bertz CT molecular complexity index is 1550. The van der Waals surface area contributed by atoms with Gasteiger partial charge < -0.3 is 9.64 Å². The zero-order valence-corrected chi connectivity index (χ0v) is 20.3. The summed E-state index contributed by atoms with van der Waals surface area (Å²) in [6.07, 6.45) is 3.95. The highest BCUT2D eigenvalue weighted by molar-refractivity contribution is 7.88. The molecule has 180 valence electrons. The van der Waals surface area contributed by atoms with Crippen LogP contribution in [0.15, 0.2) is 48.7 Å². The largest absolute Gasteiger partial charge is 0.376 e. The summed E-state index contributed by atoms with van der Waals surface area (Å²) in [5.41, 5.74) is 6.29. The van der Waals surface area contributed by atoms with Gasteiger partial charge in [-0.1, -0.05) is 18.2 Å². The molecule has 3 aromatic carbocycles. The summed E-state index contributed by atoms with van der Waals surface area (Å²) in [5.74, 6) is -0.0732. The van der Waals surface area contributed by atoms with Crippen LogP contribution < -0.4 is 0 Å².